The Bertz CT molecular complexity index is 1360. The van der Waals surface area contributed by atoms with Crippen molar-refractivity contribution in [2.45, 2.75) is 16.3 Å². The number of amides is 1. The topological polar surface area (TPSA) is 110 Å². The SMILES string of the molecule is O=C(NCc1ccc(S(=O)(=O)c2cccc3c2OCO3)cc1)c1cc2cnccc2[nH]1. The molecule has 0 fully saturated rings. The number of benzene rings is 2. The van der Waals surface area contributed by atoms with Gasteiger partial charge in [0.2, 0.25) is 16.6 Å². The van der Waals surface area contributed by atoms with Gasteiger partial charge in [-0.05, 0) is 42.0 Å². The first-order valence-electron chi connectivity index (χ1n) is 9.46. The first-order valence-corrected chi connectivity index (χ1v) is 10.9. The zero-order valence-corrected chi connectivity index (χ0v) is 17.0. The number of hydrogen-bond donors (Lipinski definition) is 2. The highest BCUT2D eigenvalue weighted by atomic mass is 32.2. The van der Waals surface area contributed by atoms with Crippen molar-refractivity contribution in [2.24, 2.45) is 0 Å². The van der Waals surface area contributed by atoms with Gasteiger partial charge in [0.1, 0.15) is 10.6 Å². The average Bonchev–Trinajstić information content (AvgIpc) is 3.44. The van der Waals surface area contributed by atoms with Crippen LogP contribution >= 0.6 is 0 Å². The first-order chi connectivity index (χ1) is 15.0. The van der Waals surface area contributed by atoms with E-state index in [0.717, 1.165) is 16.5 Å². The zero-order chi connectivity index (χ0) is 21.4. The Morgan fingerprint density at radius 2 is 1.94 bits per heavy atom. The van der Waals surface area contributed by atoms with Crippen molar-refractivity contribution in [3.8, 4) is 11.5 Å². The van der Waals surface area contributed by atoms with E-state index in [9.17, 15) is 13.2 Å². The third kappa shape index (κ3) is 3.49. The van der Waals surface area contributed by atoms with Crippen molar-refractivity contribution in [3.05, 3.63) is 78.2 Å². The molecule has 1 aliphatic rings. The number of aromatic amines is 1. The molecular weight excluding hydrogens is 418 g/mol. The third-order valence-electron chi connectivity index (χ3n) is 5.00. The fraction of sp³-hybridized carbons (Fsp3) is 0.0909. The van der Waals surface area contributed by atoms with E-state index in [1.54, 1.807) is 48.8 Å². The minimum absolute atomic E-state index is 0.00656. The van der Waals surface area contributed by atoms with Crippen LogP contribution in [0, 0.1) is 0 Å². The number of nitrogens with one attached hydrogen (secondary N) is 2. The van der Waals surface area contributed by atoms with Crippen LogP contribution in [0.15, 0.2) is 76.8 Å². The molecule has 9 heteroatoms. The number of para-hydroxylation sites is 1. The van der Waals surface area contributed by atoms with Crippen LogP contribution < -0.4 is 14.8 Å². The molecule has 0 radical (unpaired) electrons. The van der Waals surface area contributed by atoms with Gasteiger partial charge in [-0.1, -0.05) is 18.2 Å². The summed E-state index contributed by atoms with van der Waals surface area (Å²) >= 11 is 0. The fourth-order valence-corrected chi connectivity index (χ4v) is 4.81. The van der Waals surface area contributed by atoms with Crippen LogP contribution in [-0.2, 0) is 16.4 Å². The molecule has 4 aromatic rings. The number of sulfone groups is 1. The van der Waals surface area contributed by atoms with Gasteiger partial charge in [0.05, 0.1) is 4.90 Å². The Labute approximate surface area is 177 Å². The van der Waals surface area contributed by atoms with E-state index in [1.165, 1.54) is 18.2 Å². The first kappa shape index (κ1) is 19.1. The Morgan fingerprint density at radius 3 is 2.74 bits per heavy atom. The van der Waals surface area contributed by atoms with Crippen molar-refractivity contribution < 1.29 is 22.7 Å². The number of hydrogen-bond acceptors (Lipinski definition) is 6. The van der Waals surface area contributed by atoms with E-state index in [-0.39, 0.29) is 34.8 Å². The molecule has 1 aliphatic heterocycles. The molecule has 2 aromatic carbocycles. The zero-order valence-electron chi connectivity index (χ0n) is 16.2. The summed E-state index contributed by atoms with van der Waals surface area (Å²) in [6, 6.07) is 14.7. The van der Waals surface area contributed by atoms with Crippen LogP contribution in [0.25, 0.3) is 10.9 Å². The smallest absolute Gasteiger partial charge is 0.267 e. The second-order valence-corrected chi connectivity index (χ2v) is 8.88. The van der Waals surface area contributed by atoms with Crippen molar-refractivity contribution in [3.63, 3.8) is 0 Å². The molecule has 0 atom stereocenters. The van der Waals surface area contributed by atoms with Crippen molar-refractivity contribution in [1.82, 2.24) is 15.3 Å². The number of aromatic nitrogens is 2. The standard InChI is InChI=1S/C22H17N3O5S/c26-22(18-10-15-12-23-9-8-17(15)25-18)24-11-14-4-6-16(7-5-14)31(27,28)20-3-1-2-19-21(20)30-13-29-19/h1-10,12,25H,11,13H2,(H,24,26). The summed E-state index contributed by atoms with van der Waals surface area (Å²) in [5.41, 5.74) is 2.03. The van der Waals surface area contributed by atoms with Gasteiger partial charge in [0.15, 0.2) is 11.5 Å². The maximum Gasteiger partial charge on any atom is 0.267 e. The molecule has 0 aliphatic carbocycles. The second kappa shape index (κ2) is 7.44. The number of pyridine rings is 1. The quantitative estimate of drug-likeness (QED) is 0.499. The van der Waals surface area contributed by atoms with E-state index in [4.69, 9.17) is 9.47 Å². The molecule has 0 spiro atoms. The van der Waals surface area contributed by atoms with Gasteiger partial charge in [-0.15, -0.1) is 0 Å². The van der Waals surface area contributed by atoms with Gasteiger partial charge >= 0.3 is 0 Å². The highest BCUT2D eigenvalue weighted by Gasteiger charge is 2.27. The lowest BCUT2D eigenvalue weighted by atomic mass is 10.2. The predicted molar refractivity (Wildman–Crippen MR) is 112 cm³/mol. The normalized spacial score (nSPS) is 12.8. The monoisotopic (exact) mass is 435 g/mol. The number of ether oxygens (including phenoxy) is 2. The van der Waals surface area contributed by atoms with Crippen LogP contribution in [0.2, 0.25) is 0 Å². The molecule has 31 heavy (non-hydrogen) atoms. The van der Waals surface area contributed by atoms with Crippen LogP contribution in [0.5, 0.6) is 11.5 Å². The van der Waals surface area contributed by atoms with Crippen LogP contribution in [0.4, 0.5) is 0 Å². The lowest BCUT2D eigenvalue weighted by Gasteiger charge is -2.09. The largest absolute Gasteiger partial charge is 0.454 e. The fourth-order valence-electron chi connectivity index (χ4n) is 3.40. The van der Waals surface area contributed by atoms with Crippen LogP contribution in [0.1, 0.15) is 16.1 Å². The predicted octanol–water partition coefficient (Wildman–Crippen LogP) is 3.05. The van der Waals surface area contributed by atoms with Gasteiger partial charge in [0.25, 0.3) is 5.91 Å². The molecule has 1 amide bonds. The van der Waals surface area contributed by atoms with Crippen molar-refractivity contribution in [2.75, 3.05) is 6.79 Å². The lowest BCUT2D eigenvalue weighted by Crippen LogP contribution is -2.23. The van der Waals surface area contributed by atoms with Gasteiger partial charge in [0, 0.05) is 29.8 Å². The van der Waals surface area contributed by atoms with Crippen LogP contribution in [-0.4, -0.2) is 31.1 Å². The Balaban J connectivity index is 1.31. The highest BCUT2D eigenvalue weighted by Crippen LogP contribution is 2.40. The van der Waals surface area contributed by atoms with Gasteiger partial charge < -0.3 is 19.8 Å². The number of H-pyrrole nitrogens is 1. The molecule has 2 N–H and O–H groups in total. The summed E-state index contributed by atoms with van der Waals surface area (Å²) in [4.78, 5) is 19.7. The molecule has 0 unspecified atom stereocenters. The molecule has 8 nitrogen and oxygen atoms in total. The number of carbonyl (C=O) groups excluding carboxylic acids is 1. The van der Waals surface area contributed by atoms with Gasteiger partial charge in [-0.25, -0.2) is 8.42 Å². The molecule has 0 saturated heterocycles. The minimum Gasteiger partial charge on any atom is -0.454 e. The van der Waals surface area contributed by atoms with E-state index < -0.39 is 9.84 Å². The highest BCUT2D eigenvalue weighted by molar-refractivity contribution is 7.91. The molecule has 0 saturated carbocycles. The number of carbonyl (C=O) groups is 1. The molecular formula is C22H17N3O5S. The van der Waals surface area contributed by atoms with Crippen molar-refractivity contribution >= 4 is 26.6 Å². The third-order valence-corrected chi connectivity index (χ3v) is 6.80. The van der Waals surface area contributed by atoms with Gasteiger partial charge in [-0.2, -0.15) is 0 Å². The maximum absolute atomic E-state index is 13.0. The van der Waals surface area contributed by atoms with E-state index in [1.807, 2.05) is 0 Å². The Hall–Kier alpha value is -3.85. The van der Waals surface area contributed by atoms with E-state index in [0.29, 0.717) is 11.4 Å². The van der Waals surface area contributed by atoms with E-state index in [2.05, 4.69) is 15.3 Å². The molecule has 2 aromatic heterocycles. The second-order valence-electron chi connectivity index (χ2n) is 6.97. The summed E-state index contributed by atoms with van der Waals surface area (Å²) in [5.74, 6) is 0.380. The Morgan fingerprint density at radius 1 is 1.10 bits per heavy atom. The summed E-state index contributed by atoms with van der Waals surface area (Å²) in [7, 11) is -3.77. The molecule has 3 heterocycles. The summed E-state index contributed by atoms with van der Waals surface area (Å²) in [5, 5.41) is 3.67. The number of nitrogens with zero attached hydrogens (tertiary/aromatic N) is 1. The van der Waals surface area contributed by atoms with Gasteiger partial charge in [-0.3, -0.25) is 9.78 Å². The summed E-state index contributed by atoms with van der Waals surface area (Å²) < 4.78 is 36.7. The Kier molecular flexibility index (Phi) is 4.59. The van der Waals surface area contributed by atoms with Crippen LogP contribution in [0.3, 0.4) is 0 Å². The van der Waals surface area contributed by atoms with Crippen molar-refractivity contribution in [1.29, 1.82) is 0 Å². The average molecular weight is 435 g/mol. The summed E-state index contributed by atoms with van der Waals surface area (Å²) in [6.07, 6.45) is 3.33. The maximum atomic E-state index is 13.0. The molecule has 0 bridgehead atoms. The number of fused-ring (bicyclic) bond motifs is 2. The minimum atomic E-state index is -3.77. The number of rotatable bonds is 5. The summed E-state index contributed by atoms with van der Waals surface area (Å²) in [6.45, 7) is 0.248. The van der Waals surface area contributed by atoms with E-state index >= 15 is 0 Å². The molecule has 156 valence electrons. The molecule has 5 rings (SSSR count). The lowest BCUT2D eigenvalue weighted by molar-refractivity contribution is 0.0946.